The van der Waals surface area contributed by atoms with E-state index in [2.05, 4.69) is 10.3 Å². The maximum atomic E-state index is 8.85. The van der Waals surface area contributed by atoms with Gasteiger partial charge in [0, 0.05) is 6.54 Å². The number of pyridine rings is 1. The van der Waals surface area contributed by atoms with E-state index in [4.69, 9.17) is 22.0 Å². The fourth-order valence-electron chi connectivity index (χ4n) is 1.08. The lowest BCUT2D eigenvalue weighted by Gasteiger charge is -2.07. The number of halogens is 1. The number of hydrogen-bond donors (Lipinski definition) is 2. The number of aryl methyl sites for hydroxylation is 1. The molecule has 0 spiro atoms. The first kappa shape index (κ1) is 10.8. The Morgan fingerprint density at radius 2 is 2.43 bits per heavy atom. The second-order valence-corrected chi connectivity index (χ2v) is 3.13. The summed E-state index contributed by atoms with van der Waals surface area (Å²) in [5.41, 5.74) is 1.23. The van der Waals surface area contributed by atoms with E-state index in [9.17, 15) is 0 Å². The smallest absolute Gasteiger partial charge is 0.146 e. The maximum absolute atomic E-state index is 8.85. The average molecular weight is 212 g/mol. The highest BCUT2D eigenvalue weighted by Gasteiger charge is 2.07. The van der Waals surface area contributed by atoms with Crippen LogP contribution in [0.2, 0.25) is 5.15 Å². The molecule has 0 radical (unpaired) electrons. The minimum absolute atomic E-state index is 0.0158. The predicted octanol–water partition coefficient (Wildman–Crippen LogP) is 1.32. The van der Waals surface area contributed by atoms with Crippen LogP contribution in [0.3, 0.4) is 0 Å². The Balaban J connectivity index is 3.07. The predicted molar refractivity (Wildman–Crippen MR) is 54.3 cm³/mol. The van der Waals surface area contributed by atoms with Gasteiger partial charge in [0.1, 0.15) is 17.0 Å². The summed E-state index contributed by atoms with van der Waals surface area (Å²) in [5, 5.41) is 20.6. The summed E-state index contributed by atoms with van der Waals surface area (Å²) in [7, 11) is 0. The van der Waals surface area contributed by atoms with E-state index in [1.54, 1.807) is 13.0 Å². The summed E-state index contributed by atoms with van der Waals surface area (Å²) < 4.78 is 0. The highest BCUT2D eigenvalue weighted by atomic mass is 35.5. The summed E-state index contributed by atoms with van der Waals surface area (Å²) >= 11 is 5.73. The van der Waals surface area contributed by atoms with Crippen LogP contribution in [0.4, 0.5) is 5.82 Å². The Kier molecular flexibility index (Phi) is 3.69. The largest absolute Gasteiger partial charge is 0.395 e. The van der Waals surface area contributed by atoms with Crippen LogP contribution in [0.5, 0.6) is 0 Å². The molecule has 1 heterocycles. The molecule has 0 fully saturated rings. The van der Waals surface area contributed by atoms with Gasteiger partial charge >= 0.3 is 0 Å². The van der Waals surface area contributed by atoms with Crippen molar-refractivity contribution < 1.29 is 5.11 Å². The molecular weight excluding hydrogens is 202 g/mol. The fourth-order valence-corrected chi connectivity index (χ4v) is 1.32. The molecule has 0 amide bonds. The first-order valence-corrected chi connectivity index (χ1v) is 4.48. The second-order valence-electron chi connectivity index (χ2n) is 2.75. The Morgan fingerprint density at radius 3 is 3.00 bits per heavy atom. The van der Waals surface area contributed by atoms with E-state index in [1.165, 1.54) is 0 Å². The number of nitrogens with one attached hydrogen (secondary N) is 1. The Labute approximate surface area is 87.2 Å². The summed E-state index contributed by atoms with van der Waals surface area (Å²) in [6.07, 6.45) is 0. The summed E-state index contributed by atoms with van der Waals surface area (Å²) in [6, 6.07) is 3.66. The first-order chi connectivity index (χ1) is 6.69. The number of aliphatic hydroxyl groups is 1. The normalized spacial score (nSPS) is 9.57. The van der Waals surface area contributed by atoms with Crippen LogP contribution >= 0.6 is 11.6 Å². The van der Waals surface area contributed by atoms with Gasteiger partial charge in [-0.05, 0) is 18.6 Å². The summed E-state index contributed by atoms with van der Waals surface area (Å²) in [4.78, 5) is 3.96. The van der Waals surface area contributed by atoms with Crippen molar-refractivity contribution >= 4 is 17.4 Å². The molecule has 14 heavy (non-hydrogen) atoms. The van der Waals surface area contributed by atoms with E-state index < -0.39 is 0 Å². The van der Waals surface area contributed by atoms with Gasteiger partial charge in [-0.25, -0.2) is 4.98 Å². The molecule has 0 aliphatic heterocycles. The van der Waals surface area contributed by atoms with Gasteiger partial charge in [0.2, 0.25) is 0 Å². The van der Waals surface area contributed by atoms with Gasteiger partial charge in [-0.15, -0.1) is 0 Å². The minimum Gasteiger partial charge on any atom is -0.395 e. The van der Waals surface area contributed by atoms with Crippen LogP contribution in [0.25, 0.3) is 0 Å². The van der Waals surface area contributed by atoms with Crippen LogP contribution < -0.4 is 5.32 Å². The van der Waals surface area contributed by atoms with Crippen LogP contribution in [0, 0.1) is 18.3 Å². The van der Waals surface area contributed by atoms with Gasteiger partial charge in [0.05, 0.1) is 12.2 Å². The van der Waals surface area contributed by atoms with Crippen molar-refractivity contribution in [2.24, 2.45) is 0 Å². The molecule has 1 aromatic rings. The zero-order chi connectivity index (χ0) is 10.6. The summed E-state index contributed by atoms with van der Waals surface area (Å²) in [6.45, 7) is 2.12. The fraction of sp³-hybridized carbons (Fsp3) is 0.333. The van der Waals surface area contributed by atoms with Crippen molar-refractivity contribution in [1.29, 1.82) is 5.26 Å². The third-order valence-electron chi connectivity index (χ3n) is 1.70. The van der Waals surface area contributed by atoms with Gasteiger partial charge in [-0.1, -0.05) is 11.6 Å². The van der Waals surface area contributed by atoms with E-state index in [0.29, 0.717) is 23.1 Å². The quantitative estimate of drug-likeness (QED) is 0.740. The first-order valence-electron chi connectivity index (χ1n) is 4.11. The van der Waals surface area contributed by atoms with E-state index >= 15 is 0 Å². The molecule has 0 saturated carbocycles. The molecule has 0 saturated heterocycles. The van der Waals surface area contributed by atoms with Gasteiger partial charge in [0.25, 0.3) is 0 Å². The second kappa shape index (κ2) is 4.80. The lowest BCUT2D eigenvalue weighted by molar-refractivity contribution is 0.311. The van der Waals surface area contributed by atoms with Gasteiger partial charge < -0.3 is 10.4 Å². The lowest BCUT2D eigenvalue weighted by atomic mass is 10.1. The van der Waals surface area contributed by atoms with Gasteiger partial charge in [0.15, 0.2) is 0 Å². The van der Waals surface area contributed by atoms with Crippen LogP contribution in [-0.4, -0.2) is 23.2 Å². The molecule has 0 aliphatic carbocycles. The van der Waals surface area contributed by atoms with Crippen molar-refractivity contribution in [2.45, 2.75) is 6.92 Å². The third-order valence-corrected chi connectivity index (χ3v) is 1.90. The van der Waals surface area contributed by atoms with Crippen LogP contribution in [0.1, 0.15) is 11.1 Å². The molecule has 0 aliphatic rings. The summed E-state index contributed by atoms with van der Waals surface area (Å²) in [5.74, 6) is 0.423. The number of rotatable bonds is 3. The molecule has 0 aromatic carbocycles. The monoisotopic (exact) mass is 211 g/mol. The van der Waals surface area contributed by atoms with E-state index in [1.807, 2.05) is 6.07 Å². The molecule has 2 N–H and O–H groups in total. The van der Waals surface area contributed by atoms with E-state index in [0.717, 1.165) is 5.56 Å². The molecule has 4 nitrogen and oxygen atoms in total. The van der Waals surface area contributed by atoms with E-state index in [-0.39, 0.29) is 6.61 Å². The van der Waals surface area contributed by atoms with Crippen molar-refractivity contribution in [3.8, 4) is 6.07 Å². The number of nitrogens with zero attached hydrogens (tertiary/aromatic N) is 2. The maximum Gasteiger partial charge on any atom is 0.146 e. The molecule has 0 atom stereocenters. The number of nitriles is 1. The molecule has 1 rings (SSSR count). The molecule has 0 bridgehead atoms. The topological polar surface area (TPSA) is 68.9 Å². The number of anilines is 1. The SMILES string of the molecule is Cc1cc(Cl)nc(NCCO)c1C#N. The van der Waals surface area contributed by atoms with Gasteiger partial charge in [-0.2, -0.15) is 5.26 Å². The van der Waals surface area contributed by atoms with Crippen molar-refractivity contribution in [3.63, 3.8) is 0 Å². The third kappa shape index (κ3) is 2.34. The average Bonchev–Trinajstić information content (AvgIpc) is 2.14. The highest BCUT2D eigenvalue weighted by molar-refractivity contribution is 6.29. The molecular formula is C9H10ClN3O. The molecule has 0 unspecified atom stereocenters. The Bertz CT molecular complexity index is 373. The minimum atomic E-state index is -0.0158. The zero-order valence-electron chi connectivity index (χ0n) is 7.71. The number of aromatic nitrogens is 1. The van der Waals surface area contributed by atoms with Crippen LogP contribution in [0.15, 0.2) is 6.07 Å². The van der Waals surface area contributed by atoms with Crippen molar-refractivity contribution in [2.75, 3.05) is 18.5 Å². The zero-order valence-corrected chi connectivity index (χ0v) is 8.47. The lowest BCUT2D eigenvalue weighted by Crippen LogP contribution is -2.09. The molecule has 1 aromatic heterocycles. The van der Waals surface area contributed by atoms with Crippen LogP contribution in [-0.2, 0) is 0 Å². The number of aliphatic hydroxyl groups excluding tert-OH is 1. The Hall–Kier alpha value is -1.31. The highest BCUT2D eigenvalue weighted by Crippen LogP contribution is 2.19. The Morgan fingerprint density at radius 1 is 1.71 bits per heavy atom. The van der Waals surface area contributed by atoms with Gasteiger partial charge in [-0.3, -0.25) is 0 Å². The standard InChI is InChI=1S/C9H10ClN3O/c1-6-4-8(10)13-9(7(6)5-11)12-2-3-14/h4,14H,2-3H2,1H3,(H,12,13). The number of hydrogen-bond acceptors (Lipinski definition) is 4. The molecule has 5 heteroatoms. The van der Waals surface area contributed by atoms with Crippen molar-refractivity contribution in [1.82, 2.24) is 4.98 Å². The molecule has 74 valence electrons. The van der Waals surface area contributed by atoms with Crippen molar-refractivity contribution in [3.05, 3.63) is 22.3 Å².